The molecule has 0 aliphatic heterocycles. The zero-order valence-electron chi connectivity index (χ0n) is 10.5. The molecule has 0 saturated carbocycles. The third kappa shape index (κ3) is 3.52. The minimum atomic E-state index is 0.364. The van der Waals surface area contributed by atoms with E-state index in [0.717, 1.165) is 36.5 Å². The lowest BCUT2D eigenvalue weighted by Crippen LogP contribution is -2.10. The van der Waals surface area contributed by atoms with Crippen LogP contribution < -0.4 is 11.1 Å². The maximum atomic E-state index is 6.15. The summed E-state index contributed by atoms with van der Waals surface area (Å²) in [6, 6.07) is 9.58. The molecule has 0 unspecified atom stereocenters. The number of anilines is 2. The van der Waals surface area contributed by atoms with Crippen molar-refractivity contribution in [3.8, 4) is 0 Å². The van der Waals surface area contributed by atoms with Gasteiger partial charge in [-0.25, -0.2) is 0 Å². The molecule has 0 aliphatic carbocycles. The first-order chi connectivity index (χ1) is 9.38. The lowest BCUT2D eigenvalue weighted by Gasteiger charge is -2.12. The van der Waals surface area contributed by atoms with E-state index in [1.165, 1.54) is 0 Å². The van der Waals surface area contributed by atoms with Gasteiger partial charge in [-0.3, -0.25) is 0 Å². The first-order valence-corrected chi connectivity index (χ1v) is 8.07. The second-order valence-electron chi connectivity index (χ2n) is 4.27. The maximum Gasteiger partial charge on any atom is 0.105 e. The Balaban J connectivity index is 2.33. The smallest absolute Gasteiger partial charge is 0.105 e. The minimum Gasteiger partial charge on any atom is -0.389 e. The van der Waals surface area contributed by atoms with Gasteiger partial charge in [-0.2, -0.15) is 0 Å². The Kier molecular flexibility index (Phi) is 5.07. The molecule has 2 aromatic rings. The van der Waals surface area contributed by atoms with Crippen molar-refractivity contribution >= 4 is 72.0 Å². The van der Waals surface area contributed by atoms with Crippen molar-refractivity contribution in [3.05, 3.63) is 55.4 Å². The molecule has 0 amide bonds. The van der Waals surface area contributed by atoms with Crippen molar-refractivity contribution in [1.82, 2.24) is 0 Å². The zero-order valence-corrected chi connectivity index (χ0v) is 15.3. The van der Waals surface area contributed by atoms with Crippen molar-refractivity contribution < 1.29 is 0 Å². The summed E-state index contributed by atoms with van der Waals surface area (Å²) in [4.78, 5) is 0.364. The average molecular weight is 435 g/mol. The largest absolute Gasteiger partial charge is 0.389 e. The number of hydrogen-bond donors (Lipinski definition) is 2. The molecule has 0 radical (unpaired) electrons. The number of halogens is 3. The molecule has 0 spiro atoms. The van der Waals surface area contributed by atoms with Crippen LogP contribution in [0.2, 0.25) is 5.02 Å². The Morgan fingerprint density at radius 2 is 1.90 bits per heavy atom. The fraction of sp³-hybridized carbons (Fsp3) is 0.0714. The highest BCUT2D eigenvalue weighted by molar-refractivity contribution is 9.11. The highest BCUT2D eigenvalue weighted by Crippen LogP contribution is 2.32. The number of hydrogen-bond acceptors (Lipinski definition) is 2. The molecule has 2 rings (SSSR count). The topological polar surface area (TPSA) is 38.0 Å². The predicted octanol–water partition coefficient (Wildman–Crippen LogP) is 5.55. The van der Waals surface area contributed by atoms with E-state index in [1.54, 1.807) is 0 Å². The third-order valence-electron chi connectivity index (χ3n) is 2.76. The van der Waals surface area contributed by atoms with Gasteiger partial charge in [0.2, 0.25) is 0 Å². The number of benzene rings is 2. The van der Waals surface area contributed by atoms with E-state index in [4.69, 9.17) is 29.6 Å². The number of thiocarbonyl (C=S) groups is 1. The van der Waals surface area contributed by atoms with Crippen LogP contribution in [0.3, 0.4) is 0 Å². The Labute approximate surface area is 145 Å². The van der Waals surface area contributed by atoms with E-state index < -0.39 is 0 Å². The number of nitrogens with two attached hydrogens (primary N) is 1. The number of aryl methyl sites for hydroxylation is 1. The van der Waals surface area contributed by atoms with E-state index in [1.807, 2.05) is 37.3 Å². The molecule has 104 valence electrons. The molecule has 0 fully saturated rings. The summed E-state index contributed by atoms with van der Waals surface area (Å²) in [6.45, 7) is 1.96. The molecular formula is C14H11Br2ClN2S. The van der Waals surface area contributed by atoms with Crippen molar-refractivity contribution in [2.24, 2.45) is 5.73 Å². The molecule has 2 aromatic carbocycles. The monoisotopic (exact) mass is 432 g/mol. The molecule has 20 heavy (non-hydrogen) atoms. The van der Waals surface area contributed by atoms with Gasteiger partial charge in [0.05, 0.1) is 5.69 Å². The van der Waals surface area contributed by atoms with Crippen LogP contribution in [-0.4, -0.2) is 4.99 Å². The summed E-state index contributed by atoms with van der Waals surface area (Å²) >= 11 is 18.1. The molecule has 0 saturated heterocycles. The fourth-order valence-corrected chi connectivity index (χ4v) is 3.31. The van der Waals surface area contributed by atoms with Crippen molar-refractivity contribution in [2.75, 3.05) is 5.32 Å². The van der Waals surface area contributed by atoms with Crippen molar-refractivity contribution in [3.63, 3.8) is 0 Å². The van der Waals surface area contributed by atoms with E-state index in [-0.39, 0.29) is 0 Å². The standard InChI is InChI=1S/C14H11Br2ClN2S/c1-7-4-11(16)13(6-12(7)17)19-8-2-3-9(14(18)20)10(15)5-8/h2-6,19H,1H3,(H2,18,20). The summed E-state index contributed by atoms with van der Waals surface area (Å²) < 4.78 is 1.80. The predicted molar refractivity (Wildman–Crippen MR) is 97.2 cm³/mol. The van der Waals surface area contributed by atoms with Crippen molar-refractivity contribution in [2.45, 2.75) is 6.92 Å². The Bertz CT molecular complexity index is 689. The summed E-state index contributed by atoms with van der Waals surface area (Å²) in [5, 5.41) is 4.02. The van der Waals surface area contributed by atoms with Gasteiger partial charge < -0.3 is 11.1 Å². The first-order valence-electron chi connectivity index (χ1n) is 5.70. The molecule has 0 bridgehead atoms. The van der Waals surface area contributed by atoms with Gasteiger partial charge in [-0.05, 0) is 74.7 Å². The Hall–Kier alpha value is -0.620. The second-order valence-corrected chi connectivity index (χ2v) is 6.82. The fourth-order valence-electron chi connectivity index (χ4n) is 1.69. The van der Waals surface area contributed by atoms with Crippen molar-refractivity contribution in [1.29, 1.82) is 0 Å². The molecule has 0 heterocycles. The minimum absolute atomic E-state index is 0.364. The normalized spacial score (nSPS) is 10.4. The van der Waals surface area contributed by atoms with E-state index in [0.29, 0.717) is 4.99 Å². The van der Waals surface area contributed by atoms with Crippen LogP contribution in [0.5, 0.6) is 0 Å². The van der Waals surface area contributed by atoms with Crippen LogP contribution >= 0.6 is 55.7 Å². The van der Waals surface area contributed by atoms with Crippen LogP contribution in [-0.2, 0) is 0 Å². The summed E-state index contributed by atoms with van der Waals surface area (Å²) in [6.07, 6.45) is 0. The van der Waals surface area contributed by atoms with Gasteiger partial charge in [0.1, 0.15) is 4.99 Å². The summed E-state index contributed by atoms with van der Waals surface area (Å²) in [7, 11) is 0. The summed E-state index contributed by atoms with van der Waals surface area (Å²) in [5.74, 6) is 0. The van der Waals surface area contributed by atoms with E-state index in [9.17, 15) is 0 Å². The number of rotatable bonds is 3. The molecule has 3 N–H and O–H groups in total. The highest BCUT2D eigenvalue weighted by atomic mass is 79.9. The lowest BCUT2D eigenvalue weighted by atomic mass is 10.2. The van der Waals surface area contributed by atoms with Crippen LogP contribution in [0.25, 0.3) is 0 Å². The molecule has 2 nitrogen and oxygen atoms in total. The van der Waals surface area contributed by atoms with Gasteiger partial charge in [-0.15, -0.1) is 0 Å². The van der Waals surface area contributed by atoms with Gasteiger partial charge in [0.25, 0.3) is 0 Å². The van der Waals surface area contributed by atoms with Gasteiger partial charge >= 0.3 is 0 Å². The molecule has 0 aromatic heterocycles. The third-order valence-corrected chi connectivity index (χ3v) is 4.70. The number of nitrogens with one attached hydrogen (secondary N) is 1. The Morgan fingerprint density at radius 1 is 1.20 bits per heavy atom. The zero-order chi connectivity index (χ0) is 14.9. The van der Waals surface area contributed by atoms with Gasteiger partial charge in [0.15, 0.2) is 0 Å². The maximum absolute atomic E-state index is 6.15. The molecule has 0 atom stereocenters. The van der Waals surface area contributed by atoms with Crippen LogP contribution in [0.4, 0.5) is 11.4 Å². The van der Waals surface area contributed by atoms with Crippen LogP contribution in [0.15, 0.2) is 39.3 Å². The summed E-state index contributed by atoms with van der Waals surface area (Å²) in [5.41, 5.74) is 9.28. The molecule has 6 heteroatoms. The molecule has 0 aliphatic rings. The lowest BCUT2D eigenvalue weighted by molar-refractivity contribution is 1.43. The Morgan fingerprint density at radius 3 is 2.50 bits per heavy atom. The first kappa shape index (κ1) is 15.8. The van der Waals surface area contributed by atoms with E-state index >= 15 is 0 Å². The van der Waals surface area contributed by atoms with Crippen LogP contribution in [0.1, 0.15) is 11.1 Å². The van der Waals surface area contributed by atoms with Gasteiger partial charge in [-0.1, -0.05) is 23.8 Å². The van der Waals surface area contributed by atoms with E-state index in [2.05, 4.69) is 37.2 Å². The quantitative estimate of drug-likeness (QED) is 0.622. The second kappa shape index (κ2) is 6.43. The van der Waals surface area contributed by atoms with Gasteiger partial charge in [0, 0.05) is 25.2 Å². The average Bonchev–Trinajstić information content (AvgIpc) is 2.35. The van der Waals surface area contributed by atoms with Crippen LogP contribution in [0, 0.1) is 6.92 Å². The highest BCUT2D eigenvalue weighted by Gasteiger charge is 2.07. The SMILES string of the molecule is Cc1cc(Br)c(Nc2ccc(C(N)=S)c(Br)c2)cc1Cl. The molecular weight excluding hydrogens is 423 g/mol.